The van der Waals surface area contributed by atoms with Crippen molar-refractivity contribution in [3.8, 4) is 0 Å². The summed E-state index contributed by atoms with van der Waals surface area (Å²) in [6, 6.07) is 0.284. The van der Waals surface area contributed by atoms with Crippen molar-refractivity contribution in [2.24, 2.45) is 23.2 Å². The van der Waals surface area contributed by atoms with E-state index in [0.717, 1.165) is 6.42 Å². The molecule has 0 aromatic rings. The van der Waals surface area contributed by atoms with Gasteiger partial charge >= 0.3 is 5.97 Å². The Morgan fingerprint density at radius 1 is 1.16 bits per heavy atom. The van der Waals surface area contributed by atoms with Crippen LogP contribution in [0, 0.1) is 23.2 Å². The molecule has 4 atom stereocenters. The number of carbonyl (C=O) groups excluding carboxylic acids is 1. The molecule has 108 valence electrons. The molecule has 1 N–H and O–H groups in total. The van der Waals surface area contributed by atoms with Gasteiger partial charge in [0.25, 0.3) is 0 Å². The normalized spacial score (nSPS) is 36.6. The van der Waals surface area contributed by atoms with Gasteiger partial charge in [-0.25, -0.2) is 0 Å². The average molecular weight is 267 g/mol. The SMILES string of the molecule is CC1CCCCC1N(C)C(=O)C1C(C(=O)O)C1(C)C. The van der Waals surface area contributed by atoms with Crippen molar-refractivity contribution in [3.05, 3.63) is 0 Å². The molecule has 0 aromatic carbocycles. The minimum atomic E-state index is -0.839. The van der Waals surface area contributed by atoms with Crippen LogP contribution in [-0.4, -0.2) is 35.0 Å². The van der Waals surface area contributed by atoms with E-state index in [-0.39, 0.29) is 17.9 Å². The summed E-state index contributed by atoms with van der Waals surface area (Å²) in [6.07, 6.45) is 4.63. The number of hydrogen-bond acceptors (Lipinski definition) is 2. The number of carbonyl (C=O) groups is 2. The predicted molar refractivity (Wildman–Crippen MR) is 72.6 cm³/mol. The Labute approximate surface area is 115 Å². The maximum Gasteiger partial charge on any atom is 0.307 e. The third-order valence-electron chi connectivity index (χ3n) is 5.27. The van der Waals surface area contributed by atoms with Crippen LogP contribution in [0.5, 0.6) is 0 Å². The summed E-state index contributed by atoms with van der Waals surface area (Å²) < 4.78 is 0. The van der Waals surface area contributed by atoms with Crippen LogP contribution in [0.1, 0.15) is 46.5 Å². The third kappa shape index (κ3) is 2.37. The van der Waals surface area contributed by atoms with E-state index >= 15 is 0 Å². The molecular formula is C15H25NO3. The lowest BCUT2D eigenvalue weighted by molar-refractivity contribution is -0.142. The van der Waals surface area contributed by atoms with E-state index in [2.05, 4.69) is 6.92 Å². The minimum Gasteiger partial charge on any atom is -0.481 e. The first-order valence-electron chi connectivity index (χ1n) is 7.28. The van der Waals surface area contributed by atoms with E-state index in [9.17, 15) is 14.7 Å². The van der Waals surface area contributed by atoms with Crippen LogP contribution in [0.4, 0.5) is 0 Å². The first kappa shape index (κ1) is 14.4. The summed E-state index contributed by atoms with van der Waals surface area (Å²) in [5.74, 6) is -1.15. The minimum absolute atomic E-state index is 0.0242. The zero-order valence-electron chi connectivity index (χ0n) is 12.3. The topological polar surface area (TPSA) is 57.6 Å². The molecule has 2 aliphatic rings. The Balaban J connectivity index is 2.06. The maximum absolute atomic E-state index is 12.5. The van der Waals surface area contributed by atoms with Crippen molar-refractivity contribution >= 4 is 11.9 Å². The van der Waals surface area contributed by atoms with Crippen LogP contribution in [0.3, 0.4) is 0 Å². The molecule has 4 heteroatoms. The highest BCUT2D eigenvalue weighted by Crippen LogP contribution is 2.59. The number of carboxylic acids is 1. The summed E-state index contributed by atoms with van der Waals surface area (Å²) >= 11 is 0. The lowest BCUT2D eigenvalue weighted by atomic mass is 9.85. The van der Waals surface area contributed by atoms with Crippen LogP contribution >= 0.6 is 0 Å². The second-order valence-electron chi connectivity index (χ2n) is 6.89. The summed E-state index contributed by atoms with van der Waals surface area (Å²) in [4.78, 5) is 25.6. The Bertz CT molecular complexity index is 391. The first-order chi connectivity index (χ1) is 8.78. The number of aliphatic carboxylic acids is 1. The number of rotatable bonds is 3. The molecule has 0 spiro atoms. The summed E-state index contributed by atoms with van der Waals surface area (Å²) in [7, 11) is 1.85. The molecule has 4 unspecified atom stereocenters. The molecule has 1 amide bonds. The van der Waals surface area contributed by atoms with Gasteiger partial charge < -0.3 is 10.0 Å². The summed E-state index contributed by atoms with van der Waals surface area (Å²) in [6.45, 7) is 5.96. The molecule has 0 aromatic heterocycles. The molecule has 0 saturated heterocycles. The van der Waals surface area contributed by atoms with Crippen molar-refractivity contribution in [1.82, 2.24) is 4.90 Å². The van der Waals surface area contributed by atoms with E-state index in [4.69, 9.17) is 0 Å². The van der Waals surface area contributed by atoms with Gasteiger partial charge in [0.1, 0.15) is 0 Å². The molecule has 0 heterocycles. The van der Waals surface area contributed by atoms with Gasteiger partial charge in [-0.05, 0) is 24.2 Å². The molecule has 2 aliphatic carbocycles. The van der Waals surface area contributed by atoms with Crippen LogP contribution in [0.2, 0.25) is 0 Å². The molecule has 2 saturated carbocycles. The summed E-state index contributed by atoms with van der Waals surface area (Å²) in [5.41, 5.74) is -0.394. The van der Waals surface area contributed by atoms with Gasteiger partial charge in [-0.15, -0.1) is 0 Å². The zero-order chi connectivity index (χ0) is 14.4. The number of hydrogen-bond donors (Lipinski definition) is 1. The maximum atomic E-state index is 12.5. The fourth-order valence-electron chi connectivity index (χ4n) is 3.81. The van der Waals surface area contributed by atoms with Crippen molar-refractivity contribution in [2.45, 2.75) is 52.5 Å². The molecular weight excluding hydrogens is 242 g/mol. The van der Waals surface area contributed by atoms with Gasteiger partial charge in [-0.1, -0.05) is 33.6 Å². The van der Waals surface area contributed by atoms with Crippen molar-refractivity contribution in [1.29, 1.82) is 0 Å². The van der Waals surface area contributed by atoms with Gasteiger partial charge in [0.15, 0.2) is 0 Å². The predicted octanol–water partition coefficient (Wildman–Crippen LogP) is 2.38. The van der Waals surface area contributed by atoms with E-state index in [1.807, 2.05) is 25.8 Å². The van der Waals surface area contributed by atoms with E-state index in [1.165, 1.54) is 19.3 Å². The van der Waals surface area contributed by atoms with Crippen molar-refractivity contribution in [2.75, 3.05) is 7.05 Å². The quantitative estimate of drug-likeness (QED) is 0.854. The fourth-order valence-corrected chi connectivity index (χ4v) is 3.81. The van der Waals surface area contributed by atoms with Crippen LogP contribution < -0.4 is 0 Å². The Morgan fingerprint density at radius 3 is 2.21 bits per heavy atom. The number of nitrogens with zero attached hydrogens (tertiary/aromatic N) is 1. The highest BCUT2D eigenvalue weighted by atomic mass is 16.4. The molecule has 4 nitrogen and oxygen atoms in total. The van der Waals surface area contributed by atoms with Crippen molar-refractivity contribution in [3.63, 3.8) is 0 Å². The molecule has 0 radical (unpaired) electrons. The Morgan fingerprint density at radius 2 is 1.74 bits per heavy atom. The van der Waals surface area contributed by atoms with Gasteiger partial charge in [-0.3, -0.25) is 9.59 Å². The highest BCUT2D eigenvalue weighted by Gasteiger charge is 2.66. The fraction of sp³-hybridized carbons (Fsp3) is 0.867. The smallest absolute Gasteiger partial charge is 0.307 e. The second-order valence-corrected chi connectivity index (χ2v) is 6.89. The largest absolute Gasteiger partial charge is 0.481 e. The number of carboxylic acid groups (broad SMARTS) is 1. The average Bonchev–Trinajstić information content (AvgIpc) is 2.91. The van der Waals surface area contributed by atoms with Gasteiger partial charge in [0, 0.05) is 13.1 Å². The first-order valence-corrected chi connectivity index (χ1v) is 7.28. The lowest BCUT2D eigenvalue weighted by Crippen LogP contribution is -2.44. The highest BCUT2D eigenvalue weighted by molar-refractivity contribution is 5.91. The molecule has 2 rings (SSSR count). The van der Waals surface area contributed by atoms with E-state index < -0.39 is 17.3 Å². The lowest BCUT2D eigenvalue weighted by Gasteiger charge is -2.36. The van der Waals surface area contributed by atoms with Crippen LogP contribution in [0.15, 0.2) is 0 Å². The summed E-state index contributed by atoms with van der Waals surface area (Å²) in [5, 5.41) is 9.18. The number of amides is 1. The van der Waals surface area contributed by atoms with E-state index in [1.54, 1.807) is 0 Å². The van der Waals surface area contributed by atoms with Gasteiger partial charge in [0.2, 0.25) is 5.91 Å². The van der Waals surface area contributed by atoms with Crippen LogP contribution in [0.25, 0.3) is 0 Å². The Hall–Kier alpha value is -1.06. The second kappa shape index (κ2) is 4.80. The van der Waals surface area contributed by atoms with Gasteiger partial charge in [-0.2, -0.15) is 0 Å². The Kier molecular flexibility index (Phi) is 3.63. The molecule has 2 fully saturated rings. The molecule has 0 bridgehead atoms. The monoisotopic (exact) mass is 267 g/mol. The van der Waals surface area contributed by atoms with E-state index in [0.29, 0.717) is 5.92 Å². The van der Waals surface area contributed by atoms with Gasteiger partial charge in [0.05, 0.1) is 11.8 Å². The molecule has 0 aliphatic heterocycles. The zero-order valence-corrected chi connectivity index (χ0v) is 12.3. The third-order valence-corrected chi connectivity index (χ3v) is 5.27. The standard InChI is InChI=1S/C15H25NO3/c1-9-7-5-6-8-10(9)16(4)13(17)11-12(14(18)19)15(11,2)3/h9-12H,5-8H2,1-4H3,(H,18,19). The molecule has 19 heavy (non-hydrogen) atoms. The van der Waals surface area contributed by atoms with Crippen LogP contribution in [-0.2, 0) is 9.59 Å². The van der Waals surface area contributed by atoms with Crippen molar-refractivity contribution < 1.29 is 14.7 Å².